The lowest BCUT2D eigenvalue weighted by molar-refractivity contribution is -0.660. The molecule has 24 heavy (non-hydrogen) atoms. The Bertz CT molecular complexity index is 1060. The Hall–Kier alpha value is -2.61. The van der Waals surface area contributed by atoms with Gasteiger partial charge in [0, 0.05) is 22.4 Å². The summed E-state index contributed by atoms with van der Waals surface area (Å²) in [6, 6.07) is 17.0. The molecule has 2 aromatic carbocycles. The van der Waals surface area contributed by atoms with E-state index in [4.69, 9.17) is 4.42 Å². The number of benzene rings is 2. The van der Waals surface area contributed by atoms with Crippen molar-refractivity contribution in [3.8, 4) is 11.3 Å². The zero-order valence-corrected chi connectivity index (χ0v) is 14.6. The van der Waals surface area contributed by atoms with Crippen LogP contribution in [0.1, 0.15) is 30.9 Å². The van der Waals surface area contributed by atoms with Crippen LogP contribution in [0, 0.1) is 6.92 Å². The van der Waals surface area contributed by atoms with Crippen molar-refractivity contribution in [3.63, 3.8) is 0 Å². The standard InChI is InChI=1S/C22H22NO/c1-14(2)16-10-12-19(23(4)13-16)21-15(3)9-11-18-17-7-5-6-8-20(17)24-22(18)21/h5-14H,1-4H3/q+1. The Morgan fingerprint density at radius 2 is 1.71 bits per heavy atom. The highest BCUT2D eigenvalue weighted by atomic mass is 16.3. The van der Waals surface area contributed by atoms with E-state index in [1.54, 1.807) is 0 Å². The van der Waals surface area contributed by atoms with E-state index in [-0.39, 0.29) is 0 Å². The van der Waals surface area contributed by atoms with Crippen molar-refractivity contribution in [2.75, 3.05) is 0 Å². The van der Waals surface area contributed by atoms with Gasteiger partial charge < -0.3 is 4.42 Å². The van der Waals surface area contributed by atoms with Crippen LogP contribution in [0.3, 0.4) is 0 Å². The highest BCUT2D eigenvalue weighted by Crippen LogP contribution is 2.36. The quantitative estimate of drug-likeness (QED) is 0.446. The minimum absolute atomic E-state index is 0.522. The number of hydrogen-bond donors (Lipinski definition) is 0. The number of pyridine rings is 1. The van der Waals surface area contributed by atoms with Crippen molar-refractivity contribution in [1.82, 2.24) is 0 Å². The molecule has 0 aliphatic rings. The van der Waals surface area contributed by atoms with Crippen LogP contribution in [-0.2, 0) is 7.05 Å². The molecule has 0 spiro atoms. The highest BCUT2D eigenvalue weighted by molar-refractivity contribution is 6.09. The first-order valence-corrected chi connectivity index (χ1v) is 8.47. The summed E-state index contributed by atoms with van der Waals surface area (Å²) in [5.41, 5.74) is 6.86. The van der Waals surface area contributed by atoms with Gasteiger partial charge in [-0.1, -0.05) is 44.2 Å². The van der Waals surface area contributed by atoms with Gasteiger partial charge in [-0.15, -0.1) is 0 Å². The Labute approximate surface area is 142 Å². The fourth-order valence-corrected chi connectivity index (χ4v) is 3.44. The van der Waals surface area contributed by atoms with Gasteiger partial charge in [0.2, 0.25) is 5.69 Å². The average molecular weight is 316 g/mol. The minimum atomic E-state index is 0.522. The van der Waals surface area contributed by atoms with Crippen LogP contribution >= 0.6 is 0 Å². The minimum Gasteiger partial charge on any atom is -0.455 e. The van der Waals surface area contributed by atoms with Crippen LogP contribution in [0.25, 0.3) is 33.2 Å². The number of aromatic nitrogens is 1. The van der Waals surface area contributed by atoms with Crippen LogP contribution in [0.2, 0.25) is 0 Å². The Kier molecular flexibility index (Phi) is 3.42. The van der Waals surface area contributed by atoms with Crippen LogP contribution in [-0.4, -0.2) is 0 Å². The Morgan fingerprint density at radius 1 is 0.917 bits per heavy atom. The molecule has 2 heterocycles. The van der Waals surface area contributed by atoms with Gasteiger partial charge in [-0.3, -0.25) is 0 Å². The number of furan rings is 1. The molecule has 0 saturated heterocycles. The Balaban J connectivity index is 2.04. The van der Waals surface area contributed by atoms with E-state index in [2.05, 4.69) is 75.0 Å². The molecule has 120 valence electrons. The predicted molar refractivity (Wildman–Crippen MR) is 99.2 cm³/mol. The Morgan fingerprint density at radius 3 is 2.46 bits per heavy atom. The van der Waals surface area contributed by atoms with E-state index in [1.165, 1.54) is 33.2 Å². The molecule has 4 rings (SSSR count). The summed E-state index contributed by atoms with van der Waals surface area (Å²) in [6.45, 7) is 6.60. The zero-order valence-electron chi connectivity index (χ0n) is 14.6. The molecular formula is C22H22NO+. The molecule has 2 aromatic heterocycles. The van der Waals surface area contributed by atoms with Crippen molar-refractivity contribution < 1.29 is 8.98 Å². The van der Waals surface area contributed by atoms with Crippen molar-refractivity contribution in [3.05, 3.63) is 65.9 Å². The third-order valence-corrected chi connectivity index (χ3v) is 4.83. The molecular weight excluding hydrogens is 294 g/mol. The van der Waals surface area contributed by atoms with Crippen molar-refractivity contribution in [2.24, 2.45) is 7.05 Å². The summed E-state index contributed by atoms with van der Waals surface area (Å²) in [7, 11) is 2.11. The topological polar surface area (TPSA) is 17.0 Å². The summed E-state index contributed by atoms with van der Waals surface area (Å²) in [5.74, 6) is 0.522. The molecule has 0 unspecified atom stereocenters. The first-order chi connectivity index (χ1) is 11.6. The molecule has 2 heteroatoms. The van der Waals surface area contributed by atoms with E-state index < -0.39 is 0 Å². The summed E-state index contributed by atoms with van der Waals surface area (Å²) in [4.78, 5) is 0. The van der Waals surface area contributed by atoms with E-state index in [9.17, 15) is 0 Å². The first-order valence-electron chi connectivity index (χ1n) is 8.47. The molecule has 0 aliphatic heterocycles. The fraction of sp³-hybridized carbons (Fsp3) is 0.227. The van der Waals surface area contributed by atoms with Gasteiger partial charge in [-0.2, -0.15) is 0 Å². The van der Waals surface area contributed by atoms with Crippen LogP contribution in [0.15, 0.2) is 59.1 Å². The third-order valence-electron chi connectivity index (χ3n) is 4.83. The summed E-state index contributed by atoms with van der Waals surface area (Å²) in [6.07, 6.45) is 2.22. The maximum atomic E-state index is 6.24. The van der Waals surface area contributed by atoms with E-state index in [0.717, 1.165) is 11.2 Å². The number of nitrogens with zero attached hydrogens (tertiary/aromatic N) is 1. The molecule has 0 amide bonds. The van der Waals surface area contributed by atoms with Gasteiger partial charge in [0.1, 0.15) is 18.2 Å². The molecule has 0 fully saturated rings. The molecule has 0 aliphatic carbocycles. The summed E-state index contributed by atoms with van der Waals surface area (Å²) in [5, 5.41) is 2.36. The molecule has 2 nitrogen and oxygen atoms in total. The molecule has 0 radical (unpaired) electrons. The number of para-hydroxylation sites is 1. The van der Waals surface area contributed by atoms with Gasteiger partial charge in [0.15, 0.2) is 6.20 Å². The molecule has 0 atom stereocenters. The van der Waals surface area contributed by atoms with E-state index >= 15 is 0 Å². The lowest BCUT2D eigenvalue weighted by Crippen LogP contribution is -2.31. The van der Waals surface area contributed by atoms with E-state index in [0.29, 0.717) is 5.92 Å². The van der Waals surface area contributed by atoms with Gasteiger partial charge in [0.25, 0.3) is 0 Å². The second-order valence-corrected chi connectivity index (χ2v) is 6.85. The fourth-order valence-electron chi connectivity index (χ4n) is 3.44. The van der Waals surface area contributed by atoms with Crippen LogP contribution < -0.4 is 4.57 Å². The largest absolute Gasteiger partial charge is 0.455 e. The maximum absolute atomic E-state index is 6.24. The highest BCUT2D eigenvalue weighted by Gasteiger charge is 2.20. The van der Waals surface area contributed by atoms with Gasteiger partial charge in [-0.05, 0) is 30.5 Å². The van der Waals surface area contributed by atoms with Crippen LogP contribution in [0.5, 0.6) is 0 Å². The molecule has 0 N–H and O–H groups in total. The molecule has 0 saturated carbocycles. The lowest BCUT2D eigenvalue weighted by Gasteiger charge is -2.08. The predicted octanol–water partition coefficient (Wildman–Crippen LogP) is 5.51. The van der Waals surface area contributed by atoms with Crippen molar-refractivity contribution in [2.45, 2.75) is 26.7 Å². The monoisotopic (exact) mass is 316 g/mol. The van der Waals surface area contributed by atoms with Crippen LogP contribution in [0.4, 0.5) is 0 Å². The average Bonchev–Trinajstić information content (AvgIpc) is 2.94. The molecule has 0 bridgehead atoms. The lowest BCUT2D eigenvalue weighted by atomic mass is 9.99. The number of rotatable bonds is 2. The second kappa shape index (κ2) is 5.48. The normalized spacial score (nSPS) is 11.7. The SMILES string of the molecule is Cc1ccc2c(oc3ccccc32)c1-c1ccc(C(C)C)c[n+]1C. The molecule has 4 aromatic rings. The smallest absolute Gasteiger partial charge is 0.216 e. The van der Waals surface area contributed by atoms with Gasteiger partial charge >= 0.3 is 0 Å². The third kappa shape index (κ3) is 2.22. The number of aryl methyl sites for hydroxylation is 2. The maximum Gasteiger partial charge on any atom is 0.216 e. The van der Waals surface area contributed by atoms with Crippen molar-refractivity contribution >= 4 is 21.9 Å². The van der Waals surface area contributed by atoms with Crippen molar-refractivity contribution in [1.29, 1.82) is 0 Å². The summed E-state index contributed by atoms with van der Waals surface area (Å²) >= 11 is 0. The van der Waals surface area contributed by atoms with Gasteiger partial charge in [-0.25, -0.2) is 4.57 Å². The number of fused-ring (bicyclic) bond motifs is 3. The second-order valence-electron chi connectivity index (χ2n) is 6.85. The van der Waals surface area contributed by atoms with Gasteiger partial charge in [0.05, 0.1) is 5.56 Å². The summed E-state index contributed by atoms with van der Waals surface area (Å²) < 4.78 is 8.45. The zero-order chi connectivity index (χ0) is 16.8. The first kappa shape index (κ1) is 14.9. The number of hydrogen-bond acceptors (Lipinski definition) is 1. The van der Waals surface area contributed by atoms with E-state index in [1.807, 2.05) is 12.1 Å².